The van der Waals surface area contributed by atoms with E-state index in [0.29, 0.717) is 13.1 Å². The highest BCUT2D eigenvalue weighted by molar-refractivity contribution is 5.82. The lowest BCUT2D eigenvalue weighted by molar-refractivity contribution is -0.133. The zero-order valence-corrected chi connectivity index (χ0v) is 17.4. The number of hydrogen-bond donors (Lipinski definition) is 2. The molecule has 0 spiro atoms. The van der Waals surface area contributed by atoms with Crippen LogP contribution in [0, 0.1) is 0 Å². The first-order chi connectivity index (χ1) is 13.7. The summed E-state index contributed by atoms with van der Waals surface area (Å²) < 4.78 is 10.4. The topological polar surface area (TPSA) is 97.0 Å². The lowest BCUT2D eigenvalue weighted by Crippen LogP contribution is -2.52. The number of carbonyl (C=O) groups excluding carboxylic acids is 3. The second-order valence-electron chi connectivity index (χ2n) is 8.03. The Morgan fingerprint density at radius 2 is 1.79 bits per heavy atom. The summed E-state index contributed by atoms with van der Waals surface area (Å²) in [7, 11) is 0. The Morgan fingerprint density at radius 3 is 2.48 bits per heavy atom. The van der Waals surface area contributed by atoms with Gasteiger partial charge < -0.3 is 25.0 Å². The Hall–Kier alpha value is -2.77. The summed E-state index contributed by atoms with van der Waals surface area (Å²) in [6.45, 7) is 6.31. The van der Waals surface area contributed by atoms with Crippen LogP contribution >= 0.6 is 0 Å². The number of amides is 3. The van der Waals surface area contributed by atoms with E-state index >= 15 is 0 Å². The van der Waals surface area contributed by atoms with Gasteiger partial charge >= 0.3 is 12.2 Å². The molecule has 0 aromatic heterocycles. The molecule has 1 aliphatic rings. The van der Waals surface area contributed by atoms with Crippen molar-refractivity contribution >= 4 is 18.1 Å². The number of nitrogens with one attached hydrogen (secondary N) is 2. The molecule has 1 aromatic carbocycles. The number of piperidine rings is 1. The van der Waals surface area contributed by atoms with Gasteiger partial charge in [0.1, 0.15) is 18.8 Å². The van der Waals surface area contributed by atoms with Crippen molar-refractivity contribution in [1.82, 2.24) is 15.5 Å². The van der Waals surface area contributed by atoms with Crippen LogP contribution in [-0.2, 0) is 20.9 Å². The van der Waals surface area contributed by atoms with Crippen molar-refractivity contribution in [2.75, 3.05) is 19.6 Å². The maximum Gasteiger partial charge on any atom is 0.407 e. The van der Waals surface area contributed by atoms with E-state index in [9.17, 15) is 14.4 Å². The zero-order valence-electron chi connectivity index (χ0n) is 17.4. The van der Waals surface area contributed by atoms with Crippen LogP contribution in [0.3, 0.4) is 0 Å². The number of likely N-dealkylation sites (tertiary alicyclic amines) is 1. The number of carbonyl (C=O) groups is 3. The summed E-state index contributed by atoms with van der Waals surface area (Å²) in [6.07, 6.45) is 1.53. The average Bonchev–Trinajstić information content (AvgIpc) is 2.68. The van der Waals surface area contributed by atoms with Gasteiger partial charge in [0.05, 0.1) is 0 Å². The molecule has 1 unspecified atom stereocenters. The number of hydrogen-bond acceptors (Lipinski definition) is 5. The molecule has 29 heavy (non-hydrogen) atoms. The molecule has 1 heterocycles. The number of nitrogens with zero attached hydrogens (tertiary/aromatic N) is 1. The van der Waals surface area contributed by atoms with Crippen molar-refractivity contribution in [2.24, 2.45) is 0 Å². The minimum atomic E-state index is -0.636. The fourth-order valence-electron chi connectivity index (χ4n) is 3.08. The zero-order chi connectivity index (χ0) is 21.3. The maximum atomic E-state index is 12.6. The van der Waals surface area contributed by atoms with Gasteiger partial charge in [-0.15, -0.1) is 0 Å². The molecule has 8 nitrogen and oxygen atoms in total. The number of benzene rings is 1. The molecule has 0 saturated carbocycles. The quantitative estimate of drug-likeness (QED) is 0.759. The van der Waals surface area contributed by atoms with E-state index in [0.717, 1.165) is 24.8 Å². The number of rotatable bonds is 6. The smallest absolute Gasteiger partial charge is 0.407 e. The second-order valence-corrected chi connectivity index (χ2v) is 8.03. The van der Waals surface area contributed by atoms with Crippen molar-refractivity contribution in [3.05, 3.63) is 35.9 Å². The van der Waals surface area contributed by atoms with E-state index in [1.165, 1.54) is 0 Å². The van der Waals surface area contributed by atoms with Crippen LogP contribution in [0.4, 0.5) is 9.59 Å². The summed E-state index contributed by atoms with van der Waals surface area (Å²) in [6, 6.07) is 9.20. The van der Waals surface area contributed by atoms with Gasteiger partial charge in [-0.25, -0.2) is 9.59 Å². The molecule has 1 atom stereocenters. The van der Waals surface area contributed by atoms with E-state index in [2.05, 4.69) is 10.6 Å². The standard InChI is InChI=1S/C21H31N3O5/c1-21(2,3)29-20(27)22-13-17-11-7-8-12-24(17)18(25)14-23-19(26)28-15-16-9-5-4-6-10-16/h4-6,9-10,17H,7-8,11-15H2,1-3H3,(H,22,27)(H,23,26). The first-order valence-corrected chi connectivity index (χ1v) is 9.95. The SMILES string of the molecule is CC(C)(C)OC(=O)NCC1CCCCN1C(=O)CNC(=O)OCc1ccccc1. The lowest BCUT2D eigenvalue weighted by atomic mass is 10.0. The molecule has 1 aromatic rings. The molecular weight excluding hydrogens is 374 g/mol. The first kappa shape index (κ1) is 22.5. The normalized spacial score (nSPS) is 16.7. The molecule has 0 bridgehead atoms. The lowest BCUT2D eigenvalue weighted by Gasteiger charge is -2.36. The van der Waals surface area contributed by atoms with Gasteiger partial charge in [-0.1, -0.05) is 30.3 Å². The van der Waals surface area contributed by atoms with Crippen LogP contribution in [0.2, 0.25) is 0 Å². The average molecular weight is 405 g/mol. The Bertz CT molecular complexity index is 687. The van der Waals surface area contributed by atoms with Gasteiger partial charge in [0, 0.05) is 19.1 Å². The van der Waals surface area contributed by atoms with Crippen LogP contribution in [0.15, 0.2) is 30.3 Å². The molecule has 8 heteroatoms. The minimum absolute atomic E-state index is 0.120. The first-order valence-electron chi connectivity index (χ1n) is 9.95. The molecule has 0 radical (unpaired) electrons. The fraction of sp³-hybridized carbons (Fsp3) is 0.571. The highest BCUT2D eigenvalue weighted by Crippen LogP contribution is 2.17. The summed E-state index contributed by atoms with van der Waals surface area (Å²) in [5.74, 6) is -0.197. The van der Waals surface area contributed by atoms with Crippen LogP contribution in [0.5, 0.6) is 0 Å². The predicted molar refractivity (Wildman–Crippen MR) is 108 cm³/mol. The Kier molecular flexibility index (Phi) is 8.30. The third-order valence-electron chi connectivity index (χ3n) is 4.43. The largest absolute Gasteiger partial charge is 0.445 e. The summed E-state index contributed by atoms with van der Waals surface area (Å²) in [5.41, 5.74) is 0.300. The molecule has 3 amide bonds. The minimum Gasteiger partial charge on any atom is -0.445 e. The third kappa shape index (κ3) is 8.41. The fourth-order valence-corrected chi connectivity index (χ4v) is 3.08. The van der Waals surface area contributed by atoms with Gasteiger partial charge in [0.2, 0.25) is 5.91 Å². The van der Waals surface area contributed by atoms with Crippen LogP contribution < -0.4 is 10.6 Å². The molecule has 160 valence electrons. The van der Waals surface area contributed by atoms with Crippen LogP contribution in [0.1, 0.15) is 45.6 Å². The Morgan fingerprint density at radius 1 is 1.07 bits per heavy atom. The molecular formula is C21H31N3O5. The molecule has 2 rings (SSSR count). The van der Waals surface area contributed by atoms with Crippen molar-refractivity contribution < 1.29 is 23.9 Å². The molecule has 1 aliphatic heterocycles. The summed E-state index contributed by atoms with van der Waals surface area (Å²) in [4.78, 5) is 38.0. The molecule has 1 saturated heterocycles. The molecule has 2 N–H and O–H groups in total. The summed E-state index contributed by atoms with van der Waals surface area (Å²) in [5, 5.41) is 5.23. The monoisotopic (exact) mass is 405 g/mol. The van der Waals surface area contributed by atoms with E-state index in [1.807, 2.05) is 30.3 Å². The van der Waals surface area contributed by atoms with Gasteiger partial charge in [-0.05, 0) is 45.6 Å². The van der Waals surface area contributed by atoms with Gasteiger partial charge in [0.25, 0.3) is 0 Å². The van der Waals surface area contributed by atoms with Crippen molar-refractivity contribution in [2.45, 2.75) is 58.3 Å². The van der Waals surface area contributed by atoms with Gasteiger partial charge in [-0.2, -0.15) is 0 Å². The predicted octanol–water partition coefficient (Wildman–Crippen LogP) is 2.82. The van der Waals surface area contributed by atoms with E-state index in [4.69, 9.17) is 9.47 Å². The van der Waals surface area contributed by atoms with Gasteiger partial charge in [0.15, 0.2) is 0 Å². The van der Waals surface area contributed by atoms with E-state index in [1.54, 1.807) is 25.7 Å². The number of ether oxygens (including phenoxy) is 2. The van der Waals surface area contributed by atoms with Gasteiger partial charge in [-0.3, -0.25) is 4.79 Å². The van der Waals surface area contributed by atoms with Crippen molar-refractivity contribution in [1.29, 1.82) is 0 Å². The highest BCUT2D eigenvalue weighted by atomic mass is 16.6. The molecule has 1 fully saturated rings. The van der Waals surface area contributed by atoms with Crippen molar-refractivity contribution in [3.63, 3.8) is 0 Å². The number of alkyl carbamates (subject to hydrolysis) is 2. The molecule has 0 aliphatic carbocycles. The Balaban J connectivity index is 1.76. The third-order valence-corrected chi connectivity index (χ3v) is 4.43. The van der Waals surface area contributed by atoms with Crippen LogP contribution in [0.25, 0.3) is 0 Å². The van der Waals surface area contributed by atoms with E-state index in [-0.39, 0.29) is 25.1 Å². The van der Waals surface area contributed by atoms with E-state index < -0.39 is 17.8 Å². The van der Waals surface area contributed by atoms with Crippen molar-refractivity contribution in [3.8, 4) is 0 Å². The second kappa shape index (κ2) is 10.7. The van der Waals surface area contributed by atoms with Crippen LogP contribution in [-0.4, -0.2) is 54.3 Å². The summed E-state index contributed by atoms with van der Waals surface area (Å²) >= 11 is 0. The Labute approximate surface area is 171 Å². The highest BCUT2D eigenvalue weighted by Gasteiger charge is 2.28. The maximum absolute atomic E-state index is 12.6.